The van der Waals surface area contributed by atoms with Gasteiger partial charge in [-0.3, -0.25) is 4.79 Å². The van der Waals surface area contributed by atoms with Gasteiger partial charge in [0.2, 0.25) is 0 Å². The Morgan fingerprint density at radius 2 is 2.00 bits per heavy atom. The summed E-state index contributed by atoms with van der Waals surface area (Å²) < 4.78 is 10.1. The second-order valence-corrected chi connectivity index (χ2v) is 3.74. The van der Waals surface area contributed by atoms with Crippen LogP contribution in [0.4, 0.5) is 5.69 Å². The van der Waals surface area contributed by atoms with Crippen LogP contribution in [0.3, 0.4) is 0 Å². The van der Waals surface area contributed by atoms with Crippen LogP contribution in [0.5, 0.6) is 6.01 Å². The normalized spacial score (nSPS) is 10.2. The SMILES string of the molecule is COc1ncc(NC(=O)c2cc(C)oc2C)cn1. The van der Waals surface area contributed by atoms with Gasteiger partial charge in [-0.25, -0.2) is 9.97 Å². The summed E-state index contributed by atoms with van der Waals surface area (Å²) in [5.74, 6) is 1.03. The van der Waals surface area contributed by atoms with E-state index in [1.807, 2.05) is 0 Å². The van der Waals surface area contributed by atoms with E-state index in [-0.39, 0.29) is 11.9 Å². The highest BCUT2D eigenvalue weighted by Crippen LogP contribution is 2.16. The molecule has 0 aliphatic heterocycles. The van der Waals surface area contributed by atoms with Crippen molar-refractivity contribution in [3.63, 3.8) is 0 Å². The van der Waals surface area contributed by atoms with E-state index in [1.165, 1.54) is 19.5 Å². The molecule has 0 saturated carbocycles. The minimum Gasteiger partial charge on any atom is -0.467 e. The van der Waals surface area contributed by atoms with Crippen LogP contribution in [0.25, 0.3) is 0 Å². The number of furan rings is 1. The van der Waals surface area contributed by atoms with Crippen LogP contribution < -0.4 is 10.1 Å². The Bertz CT molecular complexity index is 560. The predicted molar refractivity (Wildman–Crippen MR) is 64.7 cm³/mol. The fourth-order valence-corrected chi connectivity index (χ4v) is 1.54. The number of methoxy groups -OCH3 is 1. The average Bonchev–Trinajstić information content (AvgIpc) is 2.69. The van der Waals surface area contributed by atoms with Gasteiger partial charge in [-0.1, -0.05) is 0 Å². The van der Waals surface area contributed by atoms with Crippen LogP contribution >= 0.6 is 0 Å². The Balaban J connectivity index is 2.13. The number of amides is 1. The third-order valence-corrected chi connectivity index (χ3v) is 2.35. The molecule has 2 aromatic heterocycles. The molecule has 0 radical (unpaired) electrons. The number of anilines is 1. The summed E-state index contributed by atoms with van der Waals surface area (Å²) >= 11 is 0. The molecule has 0 saturated heterocycles. The van der Waals surface area contributed by atoms with Crippen LogP contribution in [0, 0.1) is 13.8 Å². The van der Waals surface area contributed by atoms with E-state index in [4.69, 9.17) is 9.15 Å². The van der Waals surface area contributed by atoms with Gasteiger partial charge in [-0.15, -0.1) is 0 Å². The lowest BCUT2D eigenvalue weighted by Crippen LogP contribution is -2.12. The topological polar surface area (TPSA) is 77.2 Å². The van der Waals surface area contributed by atoms with Crippen molar-refractivity contribution < 1.29 is 13.9 Å². The minimum absolute atomic E-state index is 0.252. The molecule has 6 nitrogen and oxygen atoms in total. The summed E-state index contributed by atoms with van der Waals surface area (Å²) in [4.78, 5) is 19.7. The van der Waals surface area contributed by atoms with Gasteiger partial charge in [0.25, 0.3) is 5.91 Å². The zero-order valence-electron chi connectivity index (χ0n) is 10.4. The smallest absolute Gasteiger partial charge is 0.316 e. The van der Waals surface area contributed by atoms with E-state index in [9.17, 15) is 4.79 Å². The molecule has 0 unspecified atom stereocenters. The Morgan fingerprint density at radius 3 is 2.50 bits per heavy atom. The van der Waals surface area contributed by atoms with E-state index in [0.717, 1.165) is 0 Å². The summed E-state index contributed by atoms with van der Waals surface area (Å²) in [5.41, 5.74) is 1.00. The molecule has 18 heavy (non-hydrogen) atoms. The highest BCUT2D eigenvalue weighted by Gasteiger charge is 2.13. The summed E-state index contributed by atoms with van der Waals surface area (Å²) in [6, 6.07) is 1.94. The Morgan fingerprint density at radius 1 is 1.33 bits per heavy atom. The zero-order valence-corrected chi connectivity index (χ0v) is 10.4. The molecule has 6 heteroatoms. The maximum Gasteiger partial charge on any atom is 0.316 e. The van der Waals surface area contributed by atoms with Crippen molar-refractivity contribution >= 4 is 11.6 Å². The number of carbonyl (C=O) groups excluding carboxylic acids is 1. The molecule has 0 spiro atoms. The predicted octanol–water partition coefficient (Wildman–Crippen LogP) is 1.95. The number of aromatic nitrogens is 2. The lowest BCUT2D eigenvalue weighted by atomic mass is 10.2. The molecule has 2 rings (SSSR count). The molecule has 0 bridgehead atoms. The van der Waals surface area contributed by atoms with Gasteiger partial charge in [0, 0.05) is 0 Å². The number of hydrogen-bond donors (Lipinski definition) is 1. The van der Waals surface area contributed by atoms with Crippen LogP contribution in [0.2, 0.25) is 0 Å². The second kappa shape index (κ2) is 4.87. The summed E-state index contributed by atoms with van der Waals surface area (Å²) in [7, 11) is 1.48. The Kier molecular flexibility index (Phi) is 3.27. The maximum atomic E-state index is 11.9. The van der Waals surface area contributed by atoms with Gasteiger partial charge in [0.15, 0.2) is 0 Å². The number of nitrogens with one attached hydrogen (secondary N) is 1. The fourth-order valence-electron chi connectivity index (χ4n) is 1.54. The maximum absolute atomic E-state index is 11.9. The van der Waals surface area contributed by atoms with E-state index >= 15 is 0 Å². The van der Waals surface area contributed by atoms with Crippen molar-refractivity contribution in [2.45, 2.75) is 13.8 Å². The van der Waals surface area contributed by atoms with Crippen molar-refractivity contribution in [3.05, 3.63) is 35.5 Å². The molecule has 1 amide bonds. The largest absolute Gasteiger partial charge is 0.467 e. The molecule has 2 heterocycles. The van der Waals surface area contributed by atoms with Gasteiger partial charge in [0.1, 0.15) is 11.5 Å². The second-order valence-electron chi connectivity index (χ2n) is 3.74. The monoisotopic (exact) mass is 247 g/mol. The molecule has 0 aliphatic carbocycles. The van der Waals surface area contributed by atoms with E-state index in [2.05, 4.69) is 15.3 Å². The zero-order chi connectivity index (χ0) is 13.1. The number of aryl methyl sites for hydroxylation is 2. The Labute approximate surface area is 104 Å². The molecule has 0 aromatic carbocycles. The molecular weight excluding hydrogens is 234 g/mol. The molecule has 0 aliphatic rings. The average molecular weight is 247 g/mol. The first kappa shape index (κ1) is 12.1. The van der Waals surface area contributed by atoms with Crippen LogP contribution in [-0.4, -0.2) is 23.0 Å². The first-order valence-corrected chi connectivity index (χ1v) is 5.34. The molecule has 0 atom stereocenters. The first-order chi connectivity index (χ1) is 8.60. The van der Waals surface area contributed by atoms with Crippen molar-refractivity contribution in [1.82, 2.24) is 9.97 Å². The standard InChI is InChI=1S/C12H13N3O3/c1-7-4-10(8(2)18-7)11(16)15-9-5-13-12(17-3)14-6-9/h4-6H,1-3H3,(H,15,16). The van der Waals surface area contributed by atoms with Gasteiger partial charge in [-0.05, 0) is 19.9 Å². The molecule has 1 N–H and O–H groups in total. The van der Waals surface area contributed by atoms with Crippen LogP contribution in [0.1, 0.15) is 21.9 Å². The molecule has 0 fully saturated rings. The van der Waals surface area contributed by atoms with E-state index < -0.39 is 0 Å². The third kappa shape index (κ3) is 2.48. The Hall–Kier alpha value is -2.37. The summed E-state index contributed by atoms with van der Waals surface area (Å²) in [6.07, 6.45) is 2.96. The van der Waals surface area contributed by atoms with Crippen molar-refractivity contribution in [1.29, 1.82) is 0 Å². The van der Waals surface area contributed by atoms with E-state index in [1.54, 1.807) is 19.9 Å². The van der Waals surface area contributed by atoms with Gasteiger partial charge < -0.3 is 14.5 Å². The number of carbonyl (C=O) groups is 1. The number of nitrogens with zero attached hydrogens (tertiary/aromatic N) is 2. The molecule has 94 valence electrons. The van der Waals surface area contributed by atoms with Crippen molar-refractivity contribution in [2.24, 2.45) is 0 Å². The number of rotatable bonds is 3. The summed E-state index contributed by atoms with van der Waals surface area (Å²) in [6.45, 7) is 3.53. The lowest BCUT2D eigenvalue weighted by molar-refractivity contribution is 0.102. The first-order valence-electron chi connectivity index (χ1n) is 5.34. The van der Waals surface area contributed by atoms with Gasteiger partial charge in [-0.2, -0.15) is 0 Å². The quantitative estimate of drug-likeness (QED) is 0.896. The number of ether oxygens (including phenoxy) is 1. The molecule has 2 aromatic rings. The fraction of sp³-hybridized carbons (Fsp3) is 0.250. The van der Waals surface area contributed by atoms with Crippen LogP contribution in [0.15, 0.2) is 22.9 Å². The van der Waals surface area contributed by atoms with Crippen LogP contribution in [-0.2, 0) is 0 Å². The van der Waals surface area contributed by atoms with Crippen molar-refractivity contribution in [2.75, 3.05) is 12.4 Å². The summed E-state index contributed by atoms with van der Waals surface area (Å²) in [5, 5.41) is 2.68. The highest BCUT2D eigenvalue weighted by atomic mass is 16.5. The van der Waals surface area contributed by atoms with E-state index in [0.29, 0.717) is 22.8 Å². The van der Waals surface area contributed by atoms with Crippen molar-refractivity contribution in [3.8, 4) is 6.01 Å². The third-order valence-electron chi connectivity index (χ3n) is 2.35. The lowest BCUT2D eigenvalue weighted by Gasteiger charge is -2.03. The minimum atomic E-state index is -0.252. The highest BCUT2D eigenvalue weighted by molar-refractivity contribution is 6.04. The number of hydrogen-bond acceptors (Lipinski definition) is 5. The molecular formula is C12H13N3O3. The van der Waals surface area contributed by atoms with Gasteiger partial charge >= 0.3 is 6.01 Å². The van der Waals surface area contributed by atoms with Gasteiger partial charge in [0.05, 0.1) is 30.8 Å².